The van der Waals surface area contributed by atoms with Crippen molar-refractivity contribution >= 4 is 17.2 Å². The van der Waals surface area contributed by atoms with Crippen LogP contribution in [0.4, 0.5) is 0 Å². The second-order valence-electron chi connectivity index (χ2n) is 2.70. The average molecular weight is 179 g/mol. The summed E-state index contributed by atoms with van der Waals surface area (Å²) in [5, 5.41) is 3.11. The second-order valence-corrected chi connectivity index (χ2v) is 3.11. The van der Waals surface area contributed by atoms with Crippen molar-refractivity contribution < 1.29 is 0 Å². The van der Waals surface area contributed by atoms with E-state index in [1.807, 2.05) is 19.1 Å². The summed E-state index contributed by atoms with van der Waals surface area (Å²) in [4.78, 5) is 0.789. The van der Waals surface area contributed by atoms with E-state index < -0.39 is 0 Å². The highest BCUT2D eigenvalue weighted by Gasteiger charge is 2.12. The summed E-state index contributed by atoms with van der Waals surface area (Å²) < 4.78 is 0. The molecule has 0 saturated carbocycles. The maximum Gasteiger partial charge on any atom is 0.106 e. The first-order valence-electron chi connectivity index (χ1n) is 4.05. The van der Waals surface area contributed by atoms with Crippen molar-refractivity contribution in [2.24, 2.45) is 0 Å². The summed E-state index contributed by atoms with van der Waals surface area (Å²) in [6.45, 7) is 6.85. The number of thiocarbonyl (C=S) groups is 1. The van der Waals surface area contributed by atoms with Gasteiger partial charge in [-0.25, -0.2) is 0 Å². The molecule has 0 aromatic carbocycles. The zero-order valence-electron chi connectivity index (χ0n) is 7.26. The van der Waals surface area contributed by atoms with Crippen LogP contribution in [0.5, 0.6) is 0 Å². The van der Waals surface area contributed by atoms with Crippen LogP contribution < -0.4 is 5.32 Å². The Morgan fingerprint density at radius 1 is 1.58 bits per heavy atom. The lowest BCUT2D eigenvalue weighted by Crippen LogP contribution is -2.30. The number of allylic oxidation sites excluding steroid dienone is 3. The van der Waals surface area contributed by atoms with Crippen LogP contribution >= 0.6 is 12.2 Å². The zero-order valence-corrected chi connectivity index (χ0v) is 8.08. The molecule has 0 aromatic rings. The van der Waals surface area contributed by atoms with Crippen molar-refractivity contribution in [3.63, 3.8) is 0 Å². The molecule has 0 spiro atoms. The lowest BCUT2D eigenvalue weighted by molar-refractivity contribution is 0.845. The van der Waals surface area contributed by atoms with Crippen LogP contribution in [0.15, 0.2) is 36.0 Å². The van der Waals surface area contributed by atoms with Gasteiger partial charge in [0.05, 0.1) is 0 Å². The van der Waals surface area contributed by atoms with Gasteiger partial charge in [0, 0.05) is 12.1 Å². The van der Waals surface area contributed by atoms with Crippen molar-refractivity contribution in [2.45, 2.75) is 13.3 Å². The molecule has 12 heavy (non-hydrogen) atoms. The Kier molecular flexibility index (Phi) is 3.23. The third kappa shape index (κ3) is 2.05. The van der Waals surface area contributed by atoms with E-state index >= 15 is 0 Å². The summed E-state index contributed by atoms with van der Waals surface area (Å²) in [7, 11) is 0. The monoisotopic (exact) mass is 179 g/mol. The van der Waals surface area contributed by atoms with Crippen molar-refractivity contribution in [3.05, 3.63) is 36.0 Å². The Hall–Kier alpha value is -0.890. The largest absolute Gasteiger partial charge is 0.375 e. The van der Waals surface area contributed by atoms with E-state index in [0.29, 0.717) is 0 Å². The molecule has 0 atom stereocenters. The smallest absolute Gasteiger partial charge is 0.106 e. The van der Waals surface area contributed by atoms with Gasteiger partial charge in [-0.2, -0.15) is 0 Å². The molecule has 1 saturated heterocycles. The van der Waals surface area contributed by atoms with Crippen LogP contribution in [0.3, 0.4) is 0 Å². The second kappa shape index (κ2) is 4.21. The third-order valence-electron chi connectivity index (χ3n) is 1.83. The van der Waals surface area contributed by atoms with E-state index in [0.717, 1.165) is 23.5 Å². The number of hydrogen-bond donors (Lipinski definition) is 1. The molecule has 1 aliphatic heterocycles. The maximum absolute atomic E-state index is 5.08. The van der Waals surface area contributed by atoms with E-state index in [-0.39, 0.29) is 0 Å². The minimum Gasteiger partial charge on any atom is -0.375 e. The van der Waals surface area contributed by atoms with Crippen LogP contribution in [0.2, 0.25) is 0 Å². The molecule has 0 aliphatic carbocycles. The molecule has 1 nitrogen and oxygen atoms in total. The first-order valence-corrected chi connectivity index (χ1v) is 4.46. The lowest BCUT2D eigenvalue weighted by atomic mass is 10.0. The van der Waals surface area contributed by atoms with Gasteiger partial charge in [0.15, 0.2) is 0 Å². The Morgan fingerprint density at radius 3 is 3.00 bits per heavy atom. The lowest BCUT2D eigenvalue weighted by Gasteiger charge is -2.19. The quantitative estimate of drug-likeness (QED) is 0.490. The summed E-state index contributed by atoms with van der Waals surface area (Å²) in [5.74, 6) is 0. The van der Waals surface area contributed by atoms with E-state index in [2.05, 4.69) is 18.0 Å². The van der Waals surface area contributed by atoms with Gasteiger partial charge in [0.25, 0.3) is 0 Å². The van der Waals surface area contributed by atoms with Crippen LogP contribution in [-0.2, 0) is 0 Å². The van der Waals surface area contributed by atoms with Crippen molar-refractivity contribution in [2.75, 3.05) is 6.54 Å². The van der Waals surface area contributed by atoms with Gasteiger partial charge >= 0.3 is 0 Å². The van der Waals surface area contributed by atoms with Crippen LogP contribution in [0.25, 0.3) is 0 Å². The fourth-order valence-corrected chi connectivity index (χ4v) is 1.34. The zero-order chi connectivity index (χ0) is 8.97. The Bertz CT molecular complexity index is 261. The molecule has 0 radical (unpaired) electrons. The summed E-state index contributed by atoms with van der Waals surface area (Å²) >= 11 is 5.08. The van der Waals surface area contributed by atoms with Crippen molar-refractivity contribution in [3.8, 4) is 0 Å². The molecule has 1 aliphatic rings. The van der Waals surface area contributed by atoms with Crippen molar-refractivity contribution in [1.82, 2.24) is 5.32 Å². The Morgan fingerprint density at radius 2 is 2.33 bits per heavy atom. The van der Waals surface area contributed by atoms with E-state index in [1.165, 1.54) is 5.57 Å². The highest BCUT2D eigenvalue weighted by molar-refractivity contribution is 7.80. The molecule has 64 valence electrons. The van der Waals surface area contributed by atoms with Gasteiger partial charge in [-0.3, -0.25) is 0 Å². The molecular weight excluding hydrogens is 166 g/mol. The minimum absolute atomic E-state index is 0.789. The van der Waals surface area contributed by atoms with Gasteiger partial charge in [-0.1, -0.05) is 37.0 Å². The predicted octanol–water partition coefficient (Wildman–Crippen LogP) is 2.37. The fourth-order valence-electron chi connectivity index (χ4n) is 1.11. The van der Waals surface area contributed by atoms with Crippen LogP contribution in [-0.4, -0.2) is 11.5 Å². The van der Waals surface area contributed by atoms with Crippen LogP contribution in [0.1, 0.15) is 13.3 Å². The van der Waals surface area contributed by atoms with Gasteiger partial charge in [-0.15, -0.1) is 0 Å². The molecule has 1 rings (SSSR count). The van der Waals surface area contributed by atoms with Crippen molar-refractivity contribution in [1.29, 1.82) is 0 Å². The van der Waals surface area contributed by atoms with Gasteiger partial charge < -0.3 is 5.32 Å². The number of piperidine rings is 1. The number of rotatable bonds is 1. The molecule has 2 heteroatoms. The number of hydrogen-bond acceptors (Lipinski definition) is 1. The molecule has 1 N–H and O–H groups in total. The van der Waals surface area contributed by atoms with Gasteiger partial charge in [0.2, 0.25) is 0 Å². The molecule has 0 aromatic heterocycles. The standard InChI is InChI=1S/C10H13NS/c1-3-4-5-9-6-7-11-10(12)8(9)2/h3-5H,2,6-7H2,1H3,(H,11,12)/b4-3-,9-5-. The summed E-state index contributed by atoms with van der Waals surface area (Å²) in [5.41, 5.74) is 2.21. The normalized spacial score (nSPS) is 21.9. The molecule has 1 heterocycles. The minimum atomic E-state index is 0.789. The molecule has 0 amide bonds. The fraction of sp³-hybridized carbons (Fsp3) is 0.300. The summed E-state index contributed by atoms with van der Waals surface area (Å²) in [6, 6.07) is 0. The third-order valence-corrected chi connectivity index (χ3v) is 2.22. The maximum atomic E-state index is 5.08. The summed E-state index contributed by atoms with van der Waals surface area (Å²) in [6.07, 6.45) is 7.12. The highest BCUT2D eigenvalue weighted by Crippen LogP contribution is 2.17. The SMILES string of the molecule is C=C1C(=S)NCC/C1=C/C=C\C. The number of nitrogens with one attached hydrogen (secondary N) is 1. The van der Waals surface area contributed by atoms with E-state index in [4.69, 9.17) is 12.2 Å². The highest BCUT2D eigenvalue weighted by atomic mass is 32.1. The van der Waals surface area contributed by atoms with E-state index in [9.17, 15) is 0 Å². The molecule has 0 unspecified atom stereocenters. The first-order chi connectivity index (χ1) is 5.75. The van der Waals surface area contributed by atoms with E-state index in [1.54, 1.807) is 0 Å². The first kappa shape index (κ1) is 9.20. The molecule has 1 fully saturated rings. The average Bonchev–Trinajstić information content (AvgIpc) is 2.08. The predicted molar refractivity (Wildman–Crippen MR) is 57.3 cm³/mol. The molecular formula is C10H13NS. The molecule has 0 bridgehead atoms. The topological polar surface area (TPSA) is 12.0 Å². The van der Waals surface area contributed by atoms with Gasteiger partial charge in [-0.05, 0) is 18.9 Å². The Balaban J connectivity index is 2.77. The van der Waals surface area contributed by atoms with Crippen LogP contribution in [0, 0.1) is 0 Å². The van der Waals surface area contributed by atoms with Gasteiger partial charge in [0.1, 0.15) is 4.99 Å². The Labute approximate surface area is 78.9 Å².